The fourth-order valence-electron chi connectivity index (χ4n) is 1.88. The van der Waals surface area contributed by atoms with Crippen molar-refractivity contribution in [2.75, 3.05) is 0 Å². The van der Waals surface area contributed by atoms with Gasteiger partial charge < -0.3 is 14.9 Å². The quantitative estimate of drug-likeness (QED) is 0.878. The number of ether oxygens (including phenoxy) is 1. The van der Waals surface area contributed by atoms with Gasteiger partial charge in [0.25, 0.3) is 0 Å². The summed E-state index contributed by atoms with van der Waals surface area (Å²) in [5.41, 5.74) is 2.93. The van der Waals surface area contributed by atoms with Gasteiger partial charge in [-0.05, 0) is 30.7 Å². The average Bonchev–Trinajstić information content (AvgIpc) is 2.46. The van der Waals surface area contributed by atoms with Crippen molar-refractivity contribution in [3.05, 3.63) is 64.7 Å². The third-order valence-electron chi connectivity index (χ3n) is 2.98. The van der Waals surface area contributed by atoms with Gasteiger partial charge in [-0.15, -0.1) is 0 Å². The first kappa shape index (κ1) is 14.1. The van der Waals surface area contributed by atoms with Crippen molar-refractivity contribution in [2.45, 2.75) is 20.1 Å². The first-order valence-corrected chi connectivity index (χ1v) is 6.25. The van der Waals surface area contributed by atoms with Crippen LogP contribution in [0.15, 0.2) is 42.5 Å². The highest BCUT2D eigenvalue weighted by atomic mass is 16.5. The number of aliphatic hydroxyl groups is 1. The Kier molecular flexibility index (Phi) is 4.38. The van der Waals surface area contributed by atoms with Crippen molar-refractivity contribution in [3.63, 3.8) is 0 Å². The van der Waals surface area contributed by atoms with Crippen LogP contribution < -0.4 is 4.74 Å². The summed E-state index contributed by atoms with van der Waals surface area (Å²) < 4.78 is 5.66. The highest BCUT2D eigenvalue weighted by Crippen LogP contribution is 2.21. The predicted molar refractivity (Wildman–Crippen MR) is 74.8 cm³/mol. The smallest absolute Gasteiger partial charge is 0.335 e. The molecular formula is C16H16O4. The number of carboxylic acid groups (broad SMARTS) is 1. The van der Waals surface area contributed by atoms with Crippen molar-refractivity contribution < 1.29 is 19.7 Å². The Hall–Kier alpha value is -2.33. The molecule has 2 aromatic rings. The summed E-state index contributed by atoms with van der Waals surface area (Å²) in [5, 5.41) is 18.1. The maximum absolute atomic E-state index is 10.7. The number of rotatable bonds is 5. The van der Waals surface area contributed by atoms with E-state index < -0.39 is 5.97 Å². The Bertz CT molecular complexity index is 602. The van der Waals surface area contributed by atoms with Gasteiger partial charge in [0.1, 0.15) is 12.4 Å². The van der Waals surface area contributed by atoms with Crippen LogP contribution in [-0.2, 0) is 13.2 Å². The molecule has 0 aliphatic carbocycles. The second-order valence-corrected chi connectivity index (χ2v) is 4.56. The van der Waals surface area contributed by atoms with Crippen molar-refractivity contribution in [2.24, 2.45) is 0 Å². The lowest BCUT2D eigenvalue weighted by Gasteiger charge is -2.11. The topological polar surface area (TPSA) is 66.8 Å². The third kappa shape index (κ3) is 3.36. The van der Waals surface area contributed by atoms with Crippen LogP contribution in [0, 0.1) is 6.92 Å². The second kappa shape index (κ2) is 6.21. The minimum Gasteiger partial charge on any atom is -0.489 e. The van der Waals surface area contributed by atoms with E-state index in [1.165, 1.54) is 0 Å². The molecule has 20 heavy (non-hydrogen) atoms. The summed E-state index contributed by atoms with van der Waals surface area (Å²) in [6, 6.07) is 12.1. The van der Waals surface area contributed by atoms with E-state index in [-0.39, 0.29) is 12.2 Å². The molecule has 0 radical (unpaired) electrons. The molecule has 0 aliphatic heterocycles. The summed E-state index contributed by atoms with van der Waals surface area (Å²) in [4.78, 5) is 10.7. The van der Waals surface area contributed by atoms with Gasteiger partial charge in [0, 0.05) is 5.56 Å². The van der Waals surface area contributed by atoms with Crippen LogP contribution in [0.3, 0.4) is 0 Å². The van der Waals surface area contributed by atoms with Crippen LogP contribution >= 0.6 is 0 Å². The third-order valence-corrected chi connectivity index (χ3v) is 2.98. The van der Waals surface area contributed by atoms with E-state index in [9.17, 15) is 9.90 Å². The van der Waals surface area contributed by atoms with Gasteiger partial charge in [0.2, 0.25) is 0 Å². The molecule has 0 amide bonds. The fraction of sp³-hybridized carbons (Fsp3) is 0.188. The maximum atomic E-state index is 10.7. The Labute approximate surface area is 117 Å². The molecule has 0 atom stereocenters. The molecule has 2 aromatic carbocycles. The van der Waals surface area contributed by atoms with Crippen LogP contribution in [0.5, 0.6) is 5.75 Å². The molecule has 4 heteroatoms. The van der Waals surface area contributed by atoms with Crippen LogP contribution in [0.2, 0.25) is 0 Å². The summed E-state index contributed by atoms with van der Waals surface area (Å²) in [6.45, 7) is 2.21. The highest BCUT2D eigenvalue weighted by molar-refractivity contribution is 5.87. The summed E-state index contributed by atoms with van der Waals surface area (Å²) in [6.07, 6.45) is 0. The van der Waals surface area contributed by atoms with E-state index in [4.69, 9.17) is 9.84 Å². The van der Waals surface area contributed by atoms with E-state index in [1.54, 1.807) is 24.3 Å². The van der Waals surface area contributed by atoms with Crippen molar-refractivity contribution in [3.8, 4) is 5.75 Å². The van der Waals surface area contributed by atoms with Crippen molar-refractivity contribution in [1.82, 2.24) is 0 Å². The minimum atomic E-state index is -0.946. The van der Waals surface area contributed by atoms with Gasteiger partial charge in [-0.3, -0.25) is 0 Å². The molecule has 0 saturated heterocycles. The van der Waals surface area contributed by atoms with Crippen LogP contribution in [-0.4, -0.2) is 16.2 Å². The van der Waals surface area contributed by atoms with Gasteiger partial charge in [0.05, 0.1) is 12.2 Å². The molecule has 0 aliphatic rings. The standard InChI is InChI=1S/C16H16O4/c1-11-2-7-15(14(8-11)9-17)20-10-12-3-5-13(6-4-12)16(18)19/h2-8,17H,9-10H2,1H3,(H,18,19). The lowest BCUT2D eigenvalue weighted by Crippen LogP contribution is -2.00. The van der Waals surface area contributed by atoms with Gasteiger partial charge in [-0.1, -0.05) is 29.8 Å². The normalized spacial score (nSPS) is 10.3. The van der Waals surface area contributed by atoms with E-state index in [0.29, 0.717) is 12.4 Å². The van der Waals surface area contributed by atoms with E-state index >= 15 is 0 Å². The molecule has 4 nitrogen and oxygen atoms in total. The molecule has 2 rings (SSSR count). The second-order valence-electron chi connectivity index (χ2n) is 4.56. The summed E-state index contributed by atoms with van der Waals surface area (Å²) >= 11 is 0. The first-order valence-electron chi connectivity index (χ1n) is 6.25. The van der Waals surface area contributed by atoms with Gasteiger partial charge >= 0.3 is 5.97 Å². The molecule has 0 fully saturated rings. The van der Waals surface area contributed by atoms with Gasteiger partial charge in [0.15, 0.2) is 0 Å². The van der Waals surface area contributed by atoms with Crippen molar-refractivity contribution in [1.29, 1.82) is 0 Å². The zero-order chi connectivity index (χ0) is 14.5. The zero-order valence-electron chi connectivity index (χ0n) is 11.2. The number of aryl methyl sites for hydroxylation is 1. The Morgan fingerprint density at radius 1 is 1.15 bits per heavy atom. The number of aliphatic hydroxyl groups excluding tert-OH is 1. The predicted octanol–water partition coefficient (Wildman–Crippen LogP) is 2.76. The lowest BCUT2D eigenvalue weighted by atomic mass is 10.1. The monoisotopic (exact) mass is 272 g/mol. The van der Waals surface area contributed by atoms with E-state index in [2.05, 4.69) is 0 Å². The highest BCUT2D eigenvalue weighted by Gasteiger charge is 2.05. The zero-order valence-corrected chi connectivity index (χ0v) is 11.2. The average molecular weight is 272 g/mol. The van der Waals surface area contributed by atoms with Gasteiger partial charge in [-0.2, -0.15) is 0 Å². The molecule has 104 valence electrons. The first-order chi connectivity index (χ1) is 9.60. The number of carboxylic acids is 1. The molecule has 0 aromatic heterocycles. The number of carbonyl (C=O) groups is 1. The number of aromatic carboxylic acids is 1. The molecule has 2 N–H and O–H groups in total. The Morgan fingerprint density at radius 2 is 1.85 bits per heavy atom. The minimum absolute atomic E-state index is 0.0744. The SMILES string of the molecule is Cc1ccc(OCc2ccc(C(=O)O)cc2)c(CO)c1. The van der Waals surface area contributed by atoms with Crippen LogP contribution in [0.1, 0.15) is 27.0 Å². The lowest BCUT2D eigenvalue weighted by molar-refractivity contribution is 0.0697. The molecule has 0 bridgehead atoms. The van der Waals surface area contributed by atoms with E-state index in [0.717, 1.165) is 16.7 Å². The molecule has 0 heterocycles. The summed E-state index contributed by atoms with van der Waals surface area (Å²) in [5.74, 6) is -0.306. The molecule has 0 saturated carbocycles. The number of hydrogen-bond acceptors (Lipinski definition) is 3. The number of benzene rings is 2. The van der Waals surface area contributed by atoms with Crippen molar-refractivity contribution >= 4 is 5.97 Å². The van der Waals surface area contributed by atoms with E-state index in [1.807, 2.05) is 25.1 Å². The van der Waals surface area contributed by atoms with Crippen LogP contribution in [0.4, 0.5) is 0 Å². The number of hydrogen-bond donors (Lipinski definition) is 2. The van der Waals surface area contributed by atoms with Crippen LogP contribution in [0.25, 0.3) is 0 Å². The fourth-order valence-corrected chi connectivity index (χ4v) is 1.88. The molecule has 0 spiro atoms. The van der Waals surface area contributed by atoms with Gasteiger partial charge in [-0.25, -0.2) is 4.79 Å². The summed E-state index contributed by atoms with van der Waals surface area (Å²) in [7, 11) is 0. The Balaban J connectivity index is 2.06. The maximum Gasteiger partial charge on any atom is 0.335 e. The Morgan fingerprint density at radius 3 is 2.45 bits per heavy atom. The molecule has 0 unspecified atom stereocenters. The molecular weight excluding hydrogens is 256 g/mol. The largest absolute Gasteiger partial charge is 0.489 e.